The van der Waals surface area contributed by atoms with Crippen LogP contribution in [0.25, 0.3) is 10.9 Å². The fraction of sp³-hybridized carbons (Fsp3) is 0.286. The summed E-state index contributed by atoms with van der Waals surface area (Å²) >= 11 is 0. The molecule has 0 saturated carbocycles. The Labute approximate surface area is 101 Å². The second kappa shape index (κ2) is 5.06. The van der Waals surface area contributed by atoms with Crippen LogP contribution in [0.4, 0.5) is 0 Å². The number of nitrogens with zero attached hydrogens (tertiary/aromatic N) is 1. The molecule has 1 heterocycles. The molecule has 3 nitrogen and oxygen atoms in total. The van der Waals surface area contributed by atoms with Crippen molar-refractivity contribution in [2.75, 3.05) is 6.54 Å². The first-order chi connectivity index (χ1) is 8.16. The van der Waals surface area contributed by atoms with Gasteiger partial charge in [-0.1, -0.05) is 19.9 Å². The molecule has 88 valence electrons. The first-order valence-electron chi connectivity index (χ1n) is 5.78. The molecule has 0 aliphatic heterocycles. The van der Waals surface area contributed by atoms with E-state index in [0.29, 0.717) is 12.6 Å². The summed E-state index contributed by atoms with van der Waals surface area (Å²) in [5.41, 5.74) is 1.65. The van der Waals surface area contributed by atoms with E-state index in [-0.39, 0.29) is 5.78 Å². The Kier molecular flexibility index (Phi) is 3.49. The summed E-state index contributed by atoms with van der Waals surface area (Å²) in [4.78, 5) is 16.1. The second-order valence-electron chi connectivity index (χ2n) is 4.37. The molecule has 0 unspecified atom stereocenters. The number of hydrogen-bond acceptors (Lipinski definition) is 3. The van der Waals surface area contributed by atoms with Crippen LogP contribution >= 0.6 is 0 Å². The average Bonchev–Trinajstić information content (AvgIpc) is 2.35. The summed E-state index contributed by atoms with van der Waals surface area (Å²) in [5.74, 6) is 0.115. The number of carbonyl (C=O) groups is 1. The molecule has 1 N–H and O–H groups in total. The summed E-state index contributed by atoms with van der Waals surface area (Å²) in [5, 5.41) is 4.13. The molecule has 3 heteroatoms. The van der Waals surface area contributed by atoms with Gasteiger partial charge in [0.05, 0.1) is 12.1 Å². The number of benzene rings is 1. The fourth-order valence-electron chi connectivity index (χ4n) is 1.65. The highest BCUT2D eigenvalue weighted by Gasteiger charge is 2.07. The van der Waals surface area contributed by atoms with Gasteiger partial charge in [0.1, 0.15) is 0 Å². The van der Waals surface area contributed by atoms with Gasteiger partial charge in [0.25, 0.3) is 0 Å². The van der Waals surface area contributed by atoms with Crippen molar-refractivity contribution < 1.29 is 4.79 Å². The van der Waals surface area contributed by atoms with Gasteiger partial charge in [0, 0.05) is 23.2 Å². The van der Waals surface area contributed by atoms with Gasteiger partial charge in [-0.3, -0.25) is 9.78 Å². The number of aromatic nitrogens is 1. The zero-order valence-electron chi connectivity index (χ0n) is 10.1. The number of Topliss-reactive ketones (excluding diaryl/α,β-unsaturated/α-hetero) is 1. The minimum absolute atomic E-state index is 0.115. The van der Waals surface area contributed by atoms with Crippen molar-refractivity contribution in [2.24, 2.45) is 0 Å². The molecule has 0 atom stereocenters. The highest BCUT2D eigenvalue weighted by atomic mass is 16.1. The summed E-state index contributed by atoms with van der Waals surface area (Å²) in [6.07, 6.45) is 1.75. The van der Waals surface area contributed by atoms with Gasteiger partial charge in [-0.15, -0.1) is 0 Å². The van der Waals surface area contributed by atoms with Crippen LogP contribution in [-0.4, -0.2) is 23.4 Å². The van der Waals surface area contributed by atoms with Crippen LogP contribution in [0.1, 0.15) is 24.2 Å². The number of hydrogen-bond donors (Lipinski definition) is 1. The van der Waals surface area contributed by atoms with Crippen LogP contribution in [0.3, 0.4) is 0 Å². The minimum atomic E-state index is 0.115. The van der Waals surface area contributed by atoms with E-state index in [1.54, 1.807) is 6.20 Å². The van der Waals surface area contributed by atoms with Crippen LogP contribution in [0.15, 0.2) is 36.5 Å². The van der Waals surface area contributed by atoms with Crippen molar-refractivity contribution in [1.29, 1.82) is 0 Å². The molecular formula is C14H16N2O. The second-order valence-corrected chi connectivity index (χ2v) is 4.37. The van der Waals surface area contributed by atoms with E-state index in [1.807, 2.05) is 44.2 Å². The molecular weight excluding hydrogens is 212 g/mol. The lowest BCUT2D eigenvalue weighted by Crippen LogP contribution is -2.29. The van der Waals surface area contributed by atoms with Gasteiger partial charge in [-0.2, -0.15) is 0 Å². The van der Waals surface area contributed by atoms with Crippen molar-refractivity contribution in [3.63, 3.8) is 0 Å². The van der Waals surface area contributed by atoms with E-state index in [9.17, 15) is 4.79 Å². The Morgan fingerprint density at radius 3 is 2.94 bits per heavy atom. The number of fused-ring (bicyclic) bond motifs is 1. The number of rotatable bonds is 4. The van der Waals surface area contributed by atoms with Crippen molar-refractivity contribution in [3.8, 4) is 0 Å². The molecule has 0 spiro atoms. The van der Waals surface area contributed by atoms with Gasteiger partial charge < -0.3 is 5.32 Å². The van der Waals surface area contributed by atoms with Gasteiger partial charge >= 0.3 is 0 Å². The van der Waals surface area contributed by atoms with Crippen LogP contribution < -0.4 is 5.32 Å². The number of ketones is 1. The van der Waals surface area contributed by atoms with Crippen LogP contribution in [0.5, 0.6) is 0 Å². The number of pyridine rings is 1. The van der Waals surface area contributed by atoms with Crippen molar-refractivity contribution in [3.05, 3.63) is 42.1 Å². The highest BCUT2D eigenvalue weighted by Crippen LogP contribution is 2.13. The normalized spacial score (nSPS) is 11.0. The van der Waals surface area contributed by atoms with E-state index in [4.69, 9.17) is 0 Å². The molecule has 0 radical (unpaired) electrons. The van der Waals surface area contributed by atoms with Gasteiger partial charge in [0.2, 0.25) is 0 Å². The largest absolute Gasteiger partial charge is 0.307 e. The topological polar surface area (TPSA) is 42.0 Å². The van der Waals surface area contributed by atoms with Gasteiger partial charge in [0.15, 0.2) is 5.78 Å². The quantitative estimate of drug-likeness (QED) is 0.817. The number of carbonyl (C=O) groups excluding carboxylic acids is 1. The lowest BCUT2D eigenvalue weighted by atomic mass is 10.1. The predicted octanol–water partition coefficient (Wildman–Crippen LogP) is 2.42. The Bertz CT molecular complexity index is 534. The third-order valence-corrected chi connectivity index (χ3v) is 2.60. The van der Waals surface area contributed by atoms with E-state index in [0.717, 1.165) is 16.5 Å². The molecule has 2 rings (SSSR count). The zero-order valence-corrected chi connectivity index (χ0v) is 10.1. The summed E-state index contributed by atoms with van der Waals surface area (Å²) in [6, 6.07) is 9.78. The van der Waals surface area contributed by atoms with Crippen molar-refractivity contribution in [2.45, 2.75) is 19.9 Å². The predicted molar refractivity (Wildman–Crippen MR) is 69.2 cm³/mol. The average molecular weight is 228 g/mol. The lowest BCUT2D eigenvalue weighted by Gasteiger charge is -2.07. The number of nitrogens with one attached hydrogen (secondary N) is 1. The first kappa shape index (κ1) is 11.7. The Hall–Kier alpha value is -1.74. The van der Waals surface area contributed by atoms with Gasteiger partial charge in [-0.05, 0) is 24.3 Å². The Morgan fingerprint density at radius 2 is 2.18 bits per heavy atom. The summed E-state index contributed by atoms with van der Waals surface area (Å²) in [6.45, 7) is 4.43. The molecule has 0 aliphatic carbocycles. The zero-order chi connectivity index (χ0) is 12.3. The molecule has 1 aromatic heterocycles. The van der Waals surface area contributed by atoms with E-state index < -0.39 is 0 Å². The Balaban J connectivity index is 2.21. The van der Waals surface area contributed by atoms with Crippen molar-refractivity contribution in [1.82, 2.24) is 10.3 Å². The molecule has 2 aromatic rings. The van der Waals surface area contributed by atoms with Crippen molar-refractivity contribution >= 4 is 16.7 Å². The summed E-state index contributed by atoms with van der Waals surface area (Å²) < 4.78 is 0. The van der Waals surface area contributed by atoms with Crippen LogP contribution in [0, 0.1) is 0 Å². The lowest BCUT2D eigenvalue weighted by molar-refractivity contribution is 0.0988. The third-order valence-electron chi connectivity index (χ3n) is 2.60. The molecule has 0 bridgehead atoms. The molecule has 0 saturated heterocycles. The van der Waals surface area contributed by atoms with Crippen LogP contribution in [0.2, 0.25) is 0 Å². The molecule has 0 fully saturated rings. The SMILES string of the molecule is CC(C)NCC(=O)c1ccc2ncccc2c1. The van der Waals surface area contributed by atoms with E-state index in [1.165, 1.54) is 0 Å². The monoisotopic (exact) mass is 228 g/mol. The standard InChI is InChI=1S/C14H16N2O/c1-10(2)16-9-14(17)12-5-6-13-11(8-12)4-3-7-15-13/h3-8,10,16H,9H2,1-2H3. The highest BCUT2D eigenvalue weighted by molar-refractivity contribution is 6.00. The smallest absolute Gasteiger partial charge is 0.176 e. The third kappa shape index (κ3) is 2.88. The van der Waals surface area contributed by atoms with Gasteiger partial charge in [-0.25, -0.2) is 0 Å². The minimum Gasteiger partial charge on any atom is -0.307 e. The van der Waals surface area contributed by atoms with Crippen LogP contribution in [-0.2, 0) is 0 Å². The van der Waals surface area contributed by atoms with E-state index in [2.05, 4.69) is 10.3 Å². The maximum Gasteiger partial charge on any atom is 0.176 e. The van der Waals surface area contributed by atoms with E-state index >= 15 is 0 Å². The Morgan fingerprint density at radius 1 is 1.35 bits per heavy atom. The maximum atomic E-state index is 11.9. The maximum absolute atomic E-state index is 11.9. The first-order valence-corrected chi connectivity index (χ1v) is 5.78. The summed E-state index contributed by atoms with van der Waals surface area (Å²) in [7, 11) is 0. The fourth-order valence-corrected chi connectivity index (χ4v) is 1.65. The molecule has 17 heavy (non-hydrogen) atoms. The molecule has 1 aromatic carbocycles. The molecule has 0 aliphatic rings. The molecule has 0 amide bonds.